The number of ether oxygens (including phenoxy) is 1. The predicted molar refractivity (Wildman–Crippen MR) is 44.6 cm³/mol. The van der Waals surface area contributed by atoms with E-state index >= 15 is 0 Å². The summed E-state index contributed by atoms with van der Waals surface area (Å²) in [5.41, 5.74) is 0. The topological polar surface area (TPSA) is 66.8 Å². The van der Waals surface area contributed by atoms with Gasteiger partial charge in [-0.15, -0.1) is 0 Å². The van der Waals surface area contributed by atoms with Crippen LogP contribution in [-0.4, -0.2) is 54.4 Å². The lowest BCUT2D eigenvalue weighted by Gasteiger charge is -2.36. The van der Waals surface area contributed by atoms with Crippen molar-refractivity contribution >= 4 is 11.9 Å². The maximum Gasteiger partial charge on any atom is 0.411 e. The van der Waals surface area contributed by atoms with Crippen LogP contribution in [-0.2, 0) is 14.3 Å². The quantitative estimate of drug-likeness (QED) is 0.758. The van der Waals surface area contributed by atoms with Crippen molar-refractivity contribution in [3.05, 3.63) is 0 Å². The van der Waals surface area contributed by atoms with Gasteiger partial charge in [0.25, 0.3) is 0 Å². The molecule has 8 heteroatoms. The van der Waals surface area contributed by atoms with Crippen molar-refractivity contribution in [3.63, 3.8) is 0 Å². The van der Waals surface area contributed by atoms with Crippen LogP contribution >= 0.6 is 0 Å². The van der Waals surface area contributed by atoms with Crippen LogP contribution in [0.25, 0.3) is 0 Å². The van der Waals surface area contributed by atoms with E-state index in [0.29, 0.717) is 0 Å². The van der Waals surface area contributed by atoms with Gasteiger partial charge in [-0.05, 0) is 0 Å². The predicted octanol–water partition coefficient (Wildman–Crippen LogP) is 0.108. The third-order valence-corrected chi connectivity index (χ3v) is 2.07. The number of aliphatic carboxylic acids is 1. The Morgan fingerprint density at radius 2 is 1.94 bits per heavy atom. The minimum atomic E-state index is -4.46. The molecule has 92 valence electrons. The average Bonchev–Trinajstić information content (AvgIpc) is 1.97. The van der Waals surface area contributed by atoms with E-state index in [0.717, 1.165) is 4.90 Å². The first-order valence-corrected chi connectivity index (χ1v) is 4.44. The molecule has 1 amide bonds. The zero-order valence-electron chi connectivity index (χ0n) is 8.16. The number of likely N-dealkylation sites (tertiary alicyclic amines) is 1. The SMILES string of the molecule is O=C(O)C1CN(C(=O)COCC(F)(F)F)C1. The molecule has 1 heterocycles. The molecule has 5 nitrogen and oxygen atoms in total. The van der Waals surface area contributed by atoms with Gasteiger partial charge in [0.15, 0.2) is 0 Å². The fourth-order valence-electron chi connectivity index (χ4n) is 1.18. The lowest BCUT2D eigenvalue weighted by atomic mass is 10.0. The number of alkyl halides is 3. The Balaban J connectivity index is 2.16. The first-order chi connectivity index (χ1) is 7.29. The maximum absolute atomic E-state index is 11.6. The van der Waals surface area contributed by atoms with Crippen molar-refractivity contribution in [1.82, 2.24) is 4.90 Å². The Bertz CT molecular complexity index is 285. The van der Waals surface area contributed by atoms with Gasteiger partial charge in [-0.2, -0.15) is 13.2 Å². The number of hydrogen-bond donors (Lipinski definition) is 1. The molecular weight excluding hydrogens is 231 g/mol. The second kappa shape index (κ2) is 4.69. The second-order valence-corrected chi connectivity index (χ2v) is 3.44. The number of carboxylic acids is 1. The molecule has 1 fully saturated rings. The zero-order valence-corrected chi connectivity index (χ0v) is 8.16. The Morgan fingerprint density at radius 1 is 1.38 bits per heavy atom. The van der Waals surface area contributed by atoms with Crippen LogP contribution < -0.4 is 0 Å². The van der Waals surface area contributed by atoms with Crippen molar-refractivity contribution < 1.29 is 32.6 Å². The van der Waals surface area contributed by atoms with Crippen LogP contribution in [0.1, 0.15) is 0 Å². The summed E-state index contributed by atoms with van der Waals surface area (Å²) in [4.78, 5) is 22.6. The molecule has 1 saturated heterocycles. The Morgan fingerprint density at radius 3 is 2.38 bits per heavy atom. The van der Waals surface area contributed by atoms with E-state index < -0.39 is 37.2 Å². The monoisotopic (exact) mass is 241 g/mol. The number of amides is 1. The molecule has 0 aromatic heterocycles. The smallest absolute Gasteiger partial charge is 0.411 e. The van der Waals surface area contributed by atoms with Crippen molar-refractivity contribution in [1.29, 1.82) is 0 Å². The number of hydrogen-bond acceptors (Lipinski definition) is 3. The number of nitrogens with zero attached hydrogens (tertiary/aromatic N) is 1. The Labute approximate surface area is 88.8 Å². The van der Waals surface area contributed by atoms with E-state index in [1.165, 1.54) is 0 Å². The van der Waals surface area contributed by atoms with Gasteiger partial charge in [-0.1, -0.05) is 0 Å². The number of carboxylic acid groups (broad SMARTS) is 1. The highest BCUT2D eigenvalue weighted by molar-refractivity contribution is 5.81. The van der Waals surface area contributed by atoms with Gasteiger partial charge in [0, 0.05) is 13.1 Å². The van der Waals surface area contributed by atoms with E-state index in [1.807, 2.05) is 0 Å². The lowest BCUT2D eigenvalue weighted by molar-refractivity contribution is -0.179. The van der Waals surface area contributed by atoms with Gasteiger partial charge in [0.05, 0.1) is 5.92 Å². The fourth-order valence-corrected chi connectivity index (χ4v) is 1.18. The molecule has 0 aromatic carbocycles. The third kappa shape index (κ3) is 3.69. The molecule has 0 bridgehead atoms. The second-order valence-electron chi connectivity index (χ2n) is 3.44. The molecule has 0 radical (unpaired) electrons. The van der Waals surface area contributed by atoms with Crippen LogP contribution in [0, 0.1) is 5.92 Å². The van der Waals surface area contributed by atoms with Crippen molar-refractivity contribution in [2.45, 2.75) is 6.18 Å². The molecule has 0 unspecified atom stereocenters. The van der Waals surface area contributed by atoms with Crippen molar-refractivity contribution in [2.75, 3.05) is 26.3 Å². The van der Waals surface area contributed by atoms with E-state index in [9.17, 15) is 22.8 Å². The summed E-state index contributed by atoms with van der Waals surface area (Å²) in [6.07, 6.45) is -4.46. The molecule has 0 saturated carbocycles. The first kappa shape index (κ1) is 12.8. The minimum Gasteiger partial charge on any atom is -0.481 e. The van der Waals surface area contributed by atoms with E-state index in [-0.39, 0.29) is 13.1 Å². The highest BCUT2D eigenvalue weighted by Gasteiger charge is 2.36. The summed E-state index contributed by atoms with van der Waals surface area (Å²) in [5.74, 6) is -2.26. The van der Waals surface area contributed by atoms with Gasteiger partial charge in [-0.25, -0.2) is 0 Å². The van der Waals surface area contributed by atoms with Crippen molar-refractivity contribution in [2.24, 2.45) is 5.92 Å². The molecule has 1 N–H and O–H groups in total. The zero-order chi connectivity index (χ0) is 12.3. The van der Waals surface area contributed by atoms with Gasteiger partial charge < -0.3 is 14.7 Å². The van der Waals surface area contributed by atoms with Crippen LogP contribution in [0.5, 0.6) is 0 Å². The fraction of sp³-hybridized carbons (Fsp3) is 0.750. The number of rotatable bonds is 4. The molecular formula is C8H10F3NO4. The summed E-state index contributed by atoms with van der Waals surface area (Å²) < 4.78 is 39.1. The summed E-state index contributed by atoms with van der Waals surface area (Å²) in [6.45, 7) is -2.09. The molecule has 1 rings (SSSR count). The molecule has 0 atom stereocenters. The van der Waals surface area contributed by atoms with Crippen LogP contribution in [0.15, 0.2) is 0 Å². The number of carbonyl (C=O) groups excluding carboxylic acids is 1. The Kier molecular flexibility index (Phi) is 3.74. The lowest BCUT2D eigenvalue weighted by Crippen LogP contribution is -2.54. The van der Waals surface area contributed by atoms with Crippen LogP contribution in [0.2, 0.25) is 0 Å². The molecule has 0 aromatic rings. The summed E-state index contributed by atoms with van der Waals surface area (Å²) in [5, 5.41) is 8.50. The van der Waals surface area contributed by atoms with E-state index in [4.69, 9.17) is 5.11 Å². The summed E-state index contributed by atoms with van der Waals surface area (Å²) in [6, 6.07) is 0. The first-order valence-electron chi connectivity index (χ1n) is 4.44. The maximum atomic E-state index is 11.6. The summed E-state index contributed by atoms with van der Waals surface area (Å²) >= 11 is 0. The van der Waals surface area contributed by atoms with Gasteiger partial charge >= 0.3 is 12.1 Å². The highest BCUT2D eigenvalue weighted by Crippen LogP contribution is 2.17. The third-order valence-electron chi connectivity index (χ3n) is 2.07. The molecule has 0 spiro atoms. The van der Waals surface area contributed by atoms with E-state index in [2.05, 4.69) is 4.74 Å². The molecule has 1 aliphatic heterocycles. The minimum absolute atomic E-state index is 0.0313. The largest absolute Gasteiger partial charge is 0.481 e. The van der Waals surface area contributed by atoms with E-state index in [1.54, 1.807) is 0 Å². The number of carbonyl (C=O) groups is 2. The average molecular weight is 241 g/mol. The van der Waals surface area contributed by atoms with Gasteiger partial charge in [-0.3, -0.25) is 9.59 Å². The molecule has 16 heavy (non-hydrogen) atoms. The Hall–Kier alpha value is -1.31. The number of halogens is 3. The van der Waals surface area contributed by atoms with Crippen LogP contribution in [0.4, 0.5) is 13.2 Å². The molecule has 0 aliphatic carbocycles. The summed E-state index contributed by atoms with van der Waals surface area (Å²) in [7, 11) is 0. The standard InChI is InChI=1S/C8H10F3NO4/c9-8(10,11)4-16-3-6(13)12-1-5(2-12)7(14)15/h5H,1-4H2,(H,14,15). The van der Waals surface area contributed by atoms with Crippen LogP contribution in [0.3, 0.4) is 0 Å². The molecule has 1 aliphatic rings. The van der Waals surface area contributed by atoms with Crippen molar-refractivity contribution in [3.8, 4) is 0 Å². The highest BCUT2D eigenvalue weighted by atomic mass is 19.4. The van der Waals surface area contributed by atoms with Gasteiger partial charge in [0.2, 0.25) is 5.91 Å². The van der Waals surface area contributed by atoms with Gasteiger partial charge in [0.1, 0.15) is 13.2 Å². The normalized spacial score (nSPS) is 17.1.